The first-order valence-electron chi connectivity index (χ1n) is 23.4. The summed E-state index contributed by atoms with van der Waals surface area (Å²) in [7, 11) is 0. The first kappa shape index (κ1) is 40.3. The Morgan fingerprint density at radius 1 is 0.375 bits per heavy atom. The zero-order chi connectivity index (χ0) is 44.5. The van der Waals surface area contributed by atoms with Crippen molar-refractivity contribution >= 4 is 17.1 Å². The summed E-state index contributed by atoms with van der Waals surface area (Å²) >= 11 is 0. The highest BCUT2D eigenvalue weighted by molar-refractivity contribution is 5.97. The van der Waals surface area contributed by atoms with Gasteiger partial charge in [0, 0.05) is 22.5 Å². The van der Waals surface area contributed by atoms with E-state index in [-0.39, 0.29) is 16.2 Å². The molecule has 0 bridgehead atoms. The Morgan fingerprint density at radius 2 is 0.812 bits per heavy atom. The maximum Gasteiger partial charge on any atom is 0.0726 e. The van der Waals surface area contributed by atoms with Gasteiger partial charge in [-0.1, -0.05) is 203 Å². The van der Waals surface area contributed by atoms with E-state index < -0.39 is 5.41 Å². The summed E-state index contributed by atoms with van der Waals surface area (Å²) in [6.07, 6.45) is 0. The highest BCUT2D eigenvalue weighted by Gasteiger charge is 2.52. The van der Waals surface area contributed by atoms with Crippen LogP contribution in [0.25, 0.3) is 44.5 Å². The lowest BCUT2D eigenvalue weighted by molar-refractivity contribution is 0.586. The van der Waals surface area contributed by atoms with Crippen LogP contribution >= 0.6 is 0 Å². The third kappa shape index (κ3) is 5.82. The van der Waals surface area contributed by atoms with Gasteiger partial charge in [-0.15, -0.1) is 0 Å². The van der Waals surface area contributed by atoms with Crippen molar-refractivity contribution in [3.05, 3.63) is 220 Å². The molecule has 8 aromatic rings. The van der Waals surface area contributed by atoms with Gasteiger partial charge in [0.05, 0.1) is 5.41 Å². The fourth-order valence-corrected chi connectivity index (χ4v) is 11.6. The number of hydrogen-bond acceptors (Lipinski definition) is 1. The van der Waals surface area contributed by atoms with Crippen LogP contribution in [-0.2, 0) is 21.7 Å². The van der Waals surface area contributed by atoms with Gasteiger partial charge in [-0.25, -0.2) is 0 Å². The largest absolute Gasteiger partial charge is 0.310 e. The second kappa shape index (κ2) is 14.0. The molecule has 11 rings (SSSR count). The SMILES string of the molecule is CC(C)c1ccccc1-c1ccc(N(c2ccc3c(c2)-c2ccccc2C3(C)C)c2ccc3c(c2)C2(c4ccccc4-3)c3cc(C(C)(C)C)ccc3-c3ccc(C(C)(C)C)cc32)cc1. The third-order valence-electron chi connectivity index (χ3n) is 15.0. The van der Waals surface area contributed by atoms with Gasteiger partial charge >= 0.3 is 0 Å². The predicted molar refractivity (Wildman–Crippen MR) is 272 cm³/mol. The van der Waals surface area contributed by atoms with E-state index in [4.69, 9.17) is 0 Å². The molecule has 64 heavy (non-hydrogen) atoms. The van der Waals surface area contributed by atoms with Crippen molar-refractivity contribution in [1.29, 1.82) is 0 Å². The van der Waals surface area contributed by atoms with Crippen LogP contribution < -0.4 is 4.90 Å². The lowest BCUT2D eigenvalue weighted by Crippen LogP contribution is -2.27. The number of fused-ring (bicyclic) bond motifs is 13. The normalized spacial score (nSPS) is 14.8. The van der Waals surface area contributed by atoms with E-state index in [2.05, 4.69) is 244 Å². The number of benzene rings is 8. The highest BCUT2D eigenvalue weighted by Crippen LogP contribution is 2.64. The minimum Gasteiger partial charge on any atom is -0.310 e. The van der Waals surface area contributed by atoms with Crippen molar-refractivity contribution in [2.75, 3.05) is 4.90 Å². The molecule has 0 fully saturated rings. The fraction of sp³-hybridized carbons (Fsp3) is 0.238. The molecule has 0 aromatic heterocycles. The molecule has 0 N–H and O–H groups in total. The summed E-state index contributed by atoms with van der Waals surface area (Å²) in [6, 6.07) is 65.6. The summed E-state index contributed by atoms with van der Waals surface area (Å²) in [4.78, 5) is 2.51. The van der Waals surface area contributed by atoms with Crippen LogP contribution in [-0.4, -0.2) is 0 Å². The average Bonchev–Trinajstić information content (AvgIpc) is 3.83. The van der Waals surface area contributed by atoms with E-state index in [1.54, 1.807) is 0 Å². The van der Waals surface area contributed by atoms with Gasteiger partial charge in [0.15, 0.2) is 0 Å². The lowest BCUT2D eigenvalue weighted by Gasteiger charge is -2.34. The summed E-state index contributed by atoms with van der Waals surface area (Å²) in [6.45, 7) is 23.4. The molecule has 0 saturated heterocycles. The van der Waals surface area contributed by atoms with Crippen molar-refractivity contribution in [2.45, 2.75) is 96.8 Å². The van der Waals surface area contributed by atoms with Crippen molar-refractivity contribution in [1.82, 2.24) is 0 Å². The maximum absolute atomic E-state index is 2.55. The lowest BCUT2D eigenvalue weighted by atomic mass is 9.68. The second-order valence-electron chi connectivity index (χ2n) is 21.6. The molecule has 1 spiro atoms. The van der Waals surface area contributed by atoms with E-state index in [1.807, 2.05) is 0 Å². The number of nitrogens with zero attached hydrogens (tertiary/aromatic N) is 1. The Labute approximate surface area is 381 Å². The van der Waals surface area contributed by atoms with Gasteiger partial charge in [0.25, 0.3) is 0 Å². The molecule has 0 amide bonds. The minimum absolute atomic E-state index is 0.0102. The molecular weight excluding hydrogens is 771 g/mol. The topological polar surface area (TPSA) is 3.24 Å². The molecule has 0 atom stereocenters. The molecule has 8 aromatic carbocycles. The summed E-state index contributed by atoms with van der Waals surface area (Å²) in [5.41, 5.74) is 25.7. The Kier molecular flexibility index (Phi) is 8.84. The Bertz CT molecular complexity index is 3110. The van der Waals surface area contributed by atoms with Crippen LogP contribution in [0.1, 0.15) is 125 Å². The number of anilines is 3. The van der Waals surface area contributed by atoms with Crippen molar-refractivity contribution in [3.63, 3.8) is 0 Å². The van der Waals surface area contributed by atoms with E-state index in [9.17, 15) is 0 Å². The molecule has 0 heterocycles. The first-order valence-corrected chi connectivity index (χ1v) is 23.4. The minimum atomic E-state index is -0.494. The van der Waals surface area contributed by atoms with E-state index in [1.165, 1.54) is 94.6 Å². The molecule has 3 aliphatic carbocycles. The van der Waals surface area contributed by atoms with Crippen LogP contribution in [0.15, 0.2) is 170 Å². The van der Waals surface area contributed by atoms with E-state index >= 15 is 0 Å². The molecule has 0 radical (unpaired) electrons. The molecule has 316 valence electrons. The zero-order valence-electron chi connectivity index (χ0n) is 39.2. The third-order valence-corrected chi connectivity index (χ3v) is 15.0. The Morgan fingerprint density at radius 3 is 1.41 bits per heavy atom. The Hall–Kier alpha value is -6.44. The smallest absolute Gasteiger partial charge is 0.0726 e. The molecular formula is C63H59N. The highest BCUT2D eigenvalue weighted by atomic mass is 15.1. The van der Waals surface area contributed by atoms with Gasteiger partial charge in [0.1, 0.15) is 0 Å². The Balaban J connectivity index is 1.18. The van der Waals surface area contributed by atoms with Crippen molar-refractivity contribution < 1.29 is 0 Å². The van der Waals surface area contributed by atoms with E-state index in [0.29, 0.717) is 5.92 Å². The summed E-state index contributed by atoms with van der Waals surface area (Å²) in [5, 5.41) is 0. The second-order valence-corrected chi connectivity index (χ2v) is 21.6. The van der Waals surface area contributed by atoms with Crippen molar-refractivity contribution in [2.24, 2.45) is 0 Å². The molecule has 1 heteroatoms. The van der Waals surface area contributed by atoms with Gasteiger partial charge < -0.3 is 4.90 Å². The van der Waals surface area contributed by atoms with Gasteiger partial charge in [-0.05, 0) is 148 Å². The number of rotatable bonds is 5. The molecule has 1 nitrogen and oxygen atoms in total. The first-order chi connectivity index (χ1) is 30.6. The molecule has 3 aliphatic rings. The predicted octanol–water partition coefficient (Wildman–Crippen LogP) is 17.2. The number of hydrogen-bond donors (Lipinski definition) is 0. The molecule has 0 saturated carbocycles. The fourth-order valence-electron chi connectivity index (χ4n) is 11.6. The quantitative estimate of drug-likeness (QED) is 0.167. The van der Waals surface area contributed by atoms with Crippen LogP contribution in [0.2, 0.25) is 0 Å². The van der Waals surface area contributed by atoms with Crippen LogP contribution in [0.3, 0.4) is 0 Å². The monoisotopic (exact) mass is 829 g/mol. The van der Waals surface area contributed by atoms with Gasteiger partial charge in [-0.3, -0.25) is 0 Å². The zero-order valence-corrected chi connectivity index (χ0v) is 39.2. The summed E-state index contributed by atoms with van der Waals surface area (Å²) in [5.74, 6) is 0.429. The van der Waals surface area contributed by atoms with Crippen LogP contribution in [0.5, 0.6) is 0 Å². The van der Waals surface area contributed by atoms with Crippen LogP contribution in [0, 0.1) is 0 Å². The molecule has 0 unspecified atom stereocenters. The van der Waals surface area contributed by atoms with Crippen molar-refractivity contribution in [3.8, 4) is 44.5 Å². The van der Waals surface area contributed by atoms with Crippen LogP contribution in [0.4, 0.5) is 17.1 Å². The average molecular weight is 830 g/mol. The van der Waals surface area contributed by atoms with Gasteiger partial charge in [0.2, 0.25) is 0 Å². The standard InChI is InChI=1S/C63H59N/c1-39(2)46-17-11-12-18-47(46)40-23-27-43(28-24-40)64(44-30-34-55-53(37-44)49-20-13-15-21-54(49)62(55,9)10)45-29-33-52-48-19-14-16-22-56(48)63(59(52)38-45)57-35-41(60(3,4)5)25-31-50(57)51-32-26-42(36-58(51)63)61(6,7)8/h11-39H,1-10H3. The van der Waals surface area contributed by atoms with Gasteiger partial charge in [-0.2, -0.15) is 0 Å². The summed E-state index contributed by atoms with van der Waals surface area (Å²) < 4.78 is 0. The molecule has 0 aliphatic heterocycles. The maximum atomic E-state index is 2.55. The van der Waals surface area contributed by atoms with E-state index in [0.717, 1.165) is 17.1 Å².